The van der Waals surface area contributed by atoms with Crippen molar-refractivity contribution in [3.63, 3.8) is 0 Å². The van der Waals surface area contributed by atoms with E-state index in [0.29, 0.717) is 41.0 Å². The number of halogens is 4. The molecule has 0 nitrogen and oxygen atoms in total. The van der Waals surface area contributed by atoms with Gasteiger partial charge in [-0.2, -0.15) is 0 Å². The molecule has 0 saturated heterocycles. The van der Waals surface area contributed by atoms with Crippen LogP contribution in [0.15, 0.2) is 66.8 Å². The molecule has 0 saturated carbocycles. The lowest BCUT2D eigenvalue weighted by molar-refractivity contribution is 0.432. The lowest BCUT2D eigenvalue weighted by Gasteiger charge is -2.22. The van der Waals surface area contributed by atoms with Gasteiger partial charge in [0.2, 0.25) is 0 Å². The van der Waals surface area contributed by atoms with Gasteiger partial charge in [0.25, 0.3) is 0 Å². The average molecular weight is 507 g/mol. The topological polar surface area (TPSA) is 0 Å². The molecule has 4 rings (SSSR count). The molecule has 0 bridgehead atoms. The van der Waals surface area contributed by atoms with E-state index in [4.69, 9.17) is 0 Å². The van der Waals surface area contributed by atoms with E-state index >= 15 is 8.78 Å². The lowest BCUT2D eigenvalue weighted by Crippen LogP contribution is -2.07. The van der Waals surface area contributed by atoms with Crippen LogP contribution in [0.3, 0.4) is 0 Å². The zero-order chi connectivity index (χ0) is 26.4. The highest BCUT2D eigenvalue weighted by atomic mass is 19.2. The van der Waals surface area contributed by atoms with E-state index in [-0.39, 0.29) is 11.1 Å². The summed E-state index contributed by atoms with van der Waals surface area (Å²) in [4.78, 5) is 0. The maximum Gasteiger partial charge on any atom is 0.167 e. The normalized spacial score (nSPS) is 15.8. The number of benzene rings is 3. The van der Waals surface area contributed by atoms with Crippen LogP contribution >= 0.6 is 0 Å². The van der Waals surface area contributed by atoms with E-state index in [1.165, 1.54) is 19.3 Å². The van der Waals surface area contributed by atoms with Crippen LogP contribution in [0.25, 0.3) is 27.8 Å². The summed E-state index contributed by atoms with van der Waals surface area (Å²) >= 11 is 0. The SMILES string of the molecule is C/C=C/CCc1ccc(-c2ccc(-c3ccc(C4=CCC(CCCC)CC4)c(F)c3F)cc2)c(F)c1F. The standard InChI is InChI=1S/C33H34F4/c1-3-5-7-9-26-18-19-27(31(35)30(26)34)24-14-16-25(17-15-24)29-21-20-28(32(36)33(29)37)23-12-10-22(11-13-23)8-6-4-2/h3,5,12,14-22H,4,6-11,13H2,1-2H3/b5-3+. The van der Waals surface area contributed by atoms with Gasteiger partial charge >= 0.3 is 0 Å². The van der Waals surface area contributed by atoms with Gasteiger partial charge in [-0.05, 0) is 67.2 Å². The minimum Gasteiger partial charge on any atom is -0.203 e. The van der Waals surface area contributed by atoms with Crippen molar-refractivity contribution in [2.75, 3.05) is 0 Å². The largest absolute Gasteiger partial charge is 0.203 e. The summed E-state index contributed by atoms with van der Waals surface area (Å²) in [6.45, 7) is 4.07. The van der Waals surface area contributed by atoms with Crippen molar-refractivity contribution in [2.45, 2.75) is 65.2 Å². The number of hydrogen-bond donors (Lipinski definition) is 0. The van der Waals surface area contributed by atoms with Gasteiger partial charge in [0.05, 0.1) is 0 Å². The molecule has 0 heterocycles. The Morgan fingerprint density at radius 3 is 1.97 bits per heavy atom. The van der Waals surface area contributed by atoms with Crippen molar-refractivity contribution >= 4 is 5.57 Å². The second-order valence-corrected chi connectivity index (χ2v) is 9.89. The van der Waals surface area contributed by atoms with E-state index in [1.54, 1.807) is 48.5 Å². The number of unbranched alkanes of at least 4 members (excludes halogenated alkanes) is 1. The molecule has 1 unspecified atom stereocenters. The van der Waals surface area contributed by atoms with E-state index < -0.39 is 23.3 Å². The van der Waals surface area contributed by atoms with Crippen LogP contribution in [0.5, 0.6) is 0 Å². The summed E-state index contributed by atoms with van der Waals surface area (Å²) in [5.41, 5.74) is 2.78. The Kier molecular flexibility index (Phi) is 9.02. The molecular formula is C33H34F4. The van der Waals surface area contributed by atoms with Crippen molar-refractivity contribution in [1.29, 1.82) is 0 Å². The second kappa shape index (κ2) is 12.4. The third kappa shape index (κ3) is 6.06. The first-order chi connectivity index (χ1) is 17.9. The summed E-state index contributed by atoms with van der Waals surface area (Å²) in [5, 5.41) is 0. The number of hydrogen-bond acceptors (Lipinski definition) is 0. The zero-order valence-corrected chi connectivity index (χ0v) is 21.6. The first-order valence-electron chi connectivity index (χ1n) is 13.3. The third-order valence-corrected chi connectivity index (χ3v) is 7.40. The molecule has 4 heteroatoms. The Labute approximate surface area is 217 Å². The summed E-state index contributed by atoms with van der Waals surface area (Å²) in [7, 11) is 0. The summed E-state index contributed by atoms with van der Waals surface area (Å²) in [6, 6.07) is 12.9. The Morgan fingerprint density at radius 1 is 0.784 bits per heavy atom. The summed E-state index contributed by atoms with van der Waals surface area (Å²) in [6.07, 6.45) is 13.1. The molecule has 0 radical (unpaired) electrons. The van der Waals surface area contributed by atoms with Gasteiger partial charge in [0, 0.05) is 16.7 Å². The van der Waals surface area contributed by atoms with E-state index in [1.807, 2.05) is 19.1 Å². The van der Waals surface area contributed by atoms with Crippen molar-refractivity contribution in [1.82, 2.24) is 0 Å². The highest BCUT2D eigenvalue weighted by Gasteiger charge is 2.21. The van der Waals surface area contributed by atoms with Gasteiger partial charge < -0.3 is 0 Å². The van der Waals surface area contributed by atoms with Crippen LogP contribution in [-0.2, 0) is 6.42 Å². The first kappa shape index (κ1) is 26.9. The Hall–Kier alpha value is -3.14. The Bertz CT molecular complexity index is 1280. The van der Waals surface area contributed by atoms with Gasteiger partial charge in [-0.15, -0.1) is 0 Å². The maximum atomic E-state index is 15.1. The fraction of sp³-hybridized carbons (Fsp3) is 0.333. The molecule has 0 amide bonds. The fourth-order valence-corrected chi connectivity index (χ4v) is 5.15. The van der Waals surface area contributed by atoms with E-state index in [9.17, 15) is 8.78 Å². The molecule has 0 aliphatic heterocycles. The Balaban J connectivity index is 1.54. The molecule has 0 N–H and O–H groups in total. The molecule has 1 atom stereocenters. The molecule has 37 heavy (non-hydrogen) atoms. The smallest absolute Gasteiger partial charge is 0.167 e. The minimum atomic E-state index is -0.898. The zero-order valence-electron chi connectivity index (χ0n) is 21.6. The van der Waals surface area contributed by atoms with Crippen LogP contribution in [-0.4, -0.2) is 0 Å². The first-order valence-corrected chi connectivity index (χ1v) is 13.3. The lowest BCUT2D eigenvalue weighted by atomic mass is 9.83. The van der Waals surface area contributed by atoms with Crippen LogP contribution in [0.1, 0.15) is 69.9 Å². The van der Waals surface area contributed by atoms with Gasteiger partial charge in [-0.3, -0.25) is 0 Å². The molecule has 3 aromatic carbocycles. The van der Waals surface area contributed by atoms with Crippen LogP contribution in [0.4, 0.5) is 17.6 Å². The van der Waals surface area contributed by atoms with Crippen LogP contribution in [0.2, 0.25) is 0 Å². The highest BCUT2D eigenvalue weighted by Crippen LogP contribution is 2.37. The van der Waals surface area contributed by atoms with Gasteiger partial charge in [0.15, 0.2) is 23.3 Å². The predicted octanol–water partition coefficient (Wildman–Crippen LogP) is 10.5. The molecule has 1 aliphatic carbocycles. The molecule has 194 valence electrons. The molecule has 1 aliphatic rings. The van der Waals surface area contributed by atoms with Crippen LogP contribution in [0, 0.1) is 29.2 Å². The van der Waals surface area contributed by atoms with E-state index in [2.05, 4.69) is 13.0 Å². The van der Waals surface area contributed by atoms with Crippen molar-refractivity contribution in [2.24, 2.45) is 5.92 Å². The fourth-order valence-electron chi connectivity index (χ4n) is 5.15. The molecule has 0 aromatic heterocycles. The van der Waals surface area contributed by atoms with E-state index in [0.717, 1.165) is 24.8 Å². The summed E-state index contributed by atoms with van der Waals surface area (Å²) < 4.78 is 59.6. The monoisotopic (exact) mass is 506 g/mol. The number of aryl methyl sites for hydroxylation is 1. The molecule has 3 aromatic rings. The predicted molar refractivity (Wildman–Crippen MR) is 145 cm³/mol. The average Bonchev–Trinajstić information content (AvgIpc) is 2.92. The minimum absolute atomic E-state index is 0.141. The number of allylic oxidation sites excluding steroid dienone is 4. The molecular weight excluding hydrogens is 472 g/mol. The quantitative estimate of drug-likeness (QED) is 0.200. The van der Waals surface area contributed by atoms with Gasteiger partial charge in [-0.1, -0.05) is 92.9 Å². The second-order valence-electron chi connectivity index (χ2n) is 9.89. The van der Waals surface area contributed by atoms with Gasteiger partial charge in [0.1, 0.15) is 0 Å². The van der Waals surface area contributed by atoms with Crippen molar-refractivity contribution < 1.29 is 17.6 Å². The molecule has 0 fully saturated rings. The highest BCUT2D eigenvalue weighted by molar-refractivity contribution is 5.74. The van der Waals surface area contributed by atoms with Gasteiger partial charge in [-0.25, -0.2) is 17.6 Å². The van der Waals surface area contributed by atoms with Crippen molar-refractivity contribution in [3.8, 4) is 22.3 Å². The third-order valence-electron chi connectivity index (χ3n) is 7.40. The molecule has 0 spiro atoms. The van der Waals surface area contributed by atoms with Crippen LogP contribution < -0.4 is 0 Å². The number of rotatable bonds is 9. The summed E-state index contributed by atoms with van der Waals surface area (Å²) in [5.74, 6) is -2.83. The Morgan fingerprint density at radius 2 is 1.38 bits per heavy atom. The van der Waals surface area contributed by atoms with Crippen molar-refractivity contribution in [3.05, 3.63) is 101 Å². The maximum absolute atomic E-state index is 15.1.